The number of amides is 1. The molecule has 0 bridgehead atoms. The molecule has 1 aromatic heterocycles. The third-order valence-corrected chi connectivity index (χ3v) is 3.18. The predicted molar refractivity (Wildman–Crippen MR) is 71.4 cm³/mol. The van der Waals surface area contributed by atoms with E-state index in [2.05, 4.69) is 22.0 Å². The summed E-state index contributed by atoms with van der Waals surface area (Å²) in [6, 6.07) is 5.70. The number of anilines is 1. The zero-order valence-electron chi connectivity index (χ0n) is 10.2. The maximum absolute atomic E-state index is 11.1. The number of nitrogens with one attached hydrogen (secondary N) is 1. The van der Waals surface area contributed by atoms with Gasteiger partial charge in [0, 0.05) is 6.07 Å². The Hall–Kier alpha value is -1.82. The molecule has 1 heterocycles. The maximum Gasteiger partial charge on any atom is 0.413 e. The third kappa shape index (κ3) is 2.89. The van der Waals surface area contributed by atoms with E-state index in [1.54, 1.807) is 0 Å². The SMILES string of the molecule is CCCOc1ccc2sc(NC(=O)OC)nc2c1. The minimum absolute atomic E-state index is 0.517. The second-order valence-electron chi connectivity index (χ2n) is 3.61. The lowest BCUT2D eigenvalue weighted by molar-refractivity contribution is 0.187. The van der Waals surface area contributed by atoms with Gasteiger partial charge >= 0.3 is 6.09 Å². The molecular weight excluding hydrogens is 252 g/mol. The van der Waals surface area contributed by atoms with Crippen LogP contribution in [0.25, 0.3) is 10.2 Å². The molecule has 0 spiro atoms. The van der Waals surface area contributed by atoms with E-state index in [4.69, 9.17) is 4.74 Å². The number of rotatable bonds is 4. The maximum atomic E-state index is 11.1. The largest absolute Gasteiger partial charge is 0.494 e. The summed E-state index contributed by atoms with van der Waals surface area (Å²) < 4.78 is 11.0. The molecule has 0 atom stereocenters. The van der Waals surface area contributed by atoms with Crippen LogP contribution in [0, 0.1) is 0 Å². The van der Waals surface area contributed by atoms with Crippen molar-refractivity contribution in [3.8, 4) is 5.75 Å². The fourth-order valence-electron chi connectivity index (χ4n) is 1.41. The fourth-order valence-corrected chi connectivity index (χ4v) is 2.24. The van der Waals surface area contributed by atoms with Crippen molar-refractivity contribution in [3.63, 3.8) is 0 Å². The van der Waals surface area contributed by atoms with Crippen molar-refractivity contribution in [2.45, 2.75) is 13.3 Å². The van der Waals surface area contributed by atoms with Gasteiger partial charge in [-0.15, -0.1) is 0 Å². The molecule has 0 aliphatic carbocycles. The van der Waals surface area contributed by atoms with E-state index in [1.807, 2.05) is 18.2 Å². The number of benzene rings is 1. The van der Waals surface area contributed by atoms with Crippen molar-refractivity contribution >= 4 is 32.8 Å². The highest BCUT2D eigenvalue weighted by molar-refractivity contribution is 7.22. The van der Waals surface area contributed by atoms with Gasteiger partial charge in [0.15, 0.2) is 5.13 Å². The van der Waals surface area contributed by atoms with Gasteiger partial charge in [-0.3, -0.25) is 5.32 Å². The van der Waals surface area contributed by atoms with Crippen LogP contribution in [0.1, 0.15) is 13.3 Å². The Morgan fingerprint density at radius 2 is 2.33 bits per heavy atom. The Morgan fingerprint density at radius 1 is 1.50 bits per heavy atom. The fraction of sp³-hybridized carbons (Fsp3) is 0.333. The summed E-state index contributed by atoms with van der Waals surface area (Å²) in [6.07, 6.45) is 0.445. The van der Waals surface area contributed by atoms with E-state index in [0.717, 1.165) is 22.4 Å². The number of methoxy groups -OCH3 is 1. The molecular formula is C12H14N2O3S. The Labute approximate surface area is 109 Å². The Bertz CT molecular complexity index is 553. The number of carbonyl (C=O) groups is 1. The summed E-state index contributed by atoms with van der Waals surface area (Å²) in [5.41, 5.74) is 0.806. The van der Waals surface area contributed by atoms with Crippen LogP contribution in [0.5, 0.6) is 5.75 Å². The molecule has 5 nitrogen and oxygen atoms in total. The molecule has 1 aromatic carbocycles. The van der Waals surface area contributed by atoms with Gasteiger partial charge in [-0.1, -0.05) is 18.3 Å². The zero-order valence-corrected chi connectivity index (χ0v) is 11.0. The van der Waals surface area contributed by atoms with E-state index in [-0.39, 0.29) is 0 Å². The third-order valence-electron chi connectivity index (χ3n) is 2.23. The highest BCUT2D eigenvalue weighted by Crippen LogP contribution is 2.28. The van der Waals surface area contributed by atoms with Crippen molar-refractivity contribution in [2.24, 2.45) is 0 Å². The number of hydrogen-bond donors (Lipinski definition) is 1. The average Bonchev–Trinajstić information content (AvgIpc) is 2.77. The molecule has 0 saturated carbocycles. The van der Waals surface area contributed by atoms with E-state index >= 15 is 0 Å². The van der Waals surface area contributed by atoms with Crippen LogP contribution in [0.4, 0.5) is 9.93 Å². The second-order valence-corrected chi connectivity index (χ2v) is 4.64. The monoisotopic (exact) mass is 266 g/mol. The molecule has 6 heteroatoms. The minimum atomic E-state index is -0.517. The lowest BCUT2D eigenvalue weighted by Gasteiger charge is -2.02. The standard InChI is InChI=1S/C12H14N2O3S/c1-3-6-17-8-4-5-10-9(7-8)13-11(18-10)14-12(15)16-2/h4-5,7H,3,6H2,1-2H3,(H,13,14,15). The second kappa shape index (κ2) is 5.68. The first-order valence-corrected chi connectivity index (χ1v) is 6.43. The molecule has 96 valence electrons. The summed E-state index contributed by atoms with van der Waals surface area (Å²) in [5, 5.41) is 3.07. The van der Waals surface area contributed by atoms with Gasteiger partial charge < -0.3 is 9.47 Å². The number of nitrogens with zero attached hydrogens (tertiary/aromatic N) is 1. The first-order chi connectivity index (χ1) is 8.72. The van der Waals surface area contributed by atoms with Gasteiger partial charge in [0.05, 0.1) is 23.9 Å². The number of ether oxygens (including phenoxy) is 2. The minimum Gasteiger partial charge on any atom is -0.494 e. The number of carbonyl (C=O) groups excluding carboxylic acids is 1. The predicted octanol–water partition coefficient (Wildman–Crippen LogP) is 3.26. The molecule has 0 radical (unpaired) electrons. The molecule has 0 fully saturated rings. The van der Waals surface area contributed by atoms with Crippen molar-refractivity contribution in [3.05, 3.63) is 18.2 Å². The number of thiazole rings is 1. The van der Waals surface area contributed by atoms with Crippen LogP contribution in [-0.2, 0) is 4.74 Å². The van der Waals surface area contributed by atoms with Gasteiger partial charge in [0.1, 0.15) is 5.75 Å². The highest BCUT2D eigenvalue weighted by atomic mass is 32.1. The normalized spacial score (nSPS) is 10.3. The van der Waals surface area contributed by atoms with Gasteiger partial charge in [-0.25, -0.2) is 9.78 Å². The average molecular weight is 266 g/mol. The smallest absolute Gasteiger partial charge is 0.413 e. The molecule has 2 aromatic rings. The first kappa shape index (κ1) is 12.6. The molecule has 2 rings (SSSR count). The van der Waals surface area contributed by atoms with Crippen LogP contribution in [0.3, 0.4) is 0 Å². The molecule has 1 amide bonds. The summed E-state index contributed by atoms with van der Waals surface area (Å²) >= 11 is 1.39. The summed E-state index contributed by atoms with van der Waals surface area (Å²) in [7, 11) is 1.32. The van der Waals surface area contributed by atoms with Crippen LogP contribution in [0.15, 0.2) is 18.2 Å². The van der Waals surface area contributed by atoms with Crippen molar-refractivity contribution in [2.75, 3.05) is 19.0 Å². The summed E-state index contributed by atoms with van der Waals surface area (Å²) in [6.45, 7) is 2.74. The van der Waals surface area contributed by atoms with Crippen molar-refractivity contribution in [1.82, 2.24) is 4.98 Å². The van der Waals surface area contributed by atoms with Gasteiger partial charge in [-0.05, 0) is 18.6 Å². The van der Waals surface area contributed by atoms with Crippen LogP contribution in [-0.4, -0.2) is 24.8 Å². The Kier molecular flexibility index (Phi) is 3.99. The molecule has 0 aliphatic heterocycles. The summed E-state index contributed by atoms with van der Waals surface area (Å²) in [5.74, 6) is 0.791. The van der Waals surface area contributed by atoms with E-state index in [9.17, 15) is 4.79 Å². The van der Waals surface area contributed by atoms with E-state index in [0.29, 0.717) is 11.7 Å². The van der Waals surface area contributed by atoms with E-state index in [1.165, 1.54) is 18.4 Å². The lowest BCUT2D eigenvalue weighted by atomic mass is 10.3. The van der Waals surface area contributed by atoms with E-state index < -0.39 is 6.09 Å². The van der Waals surface area contributed by atoms with Crippen LogP contribution < -0.4 is 10.1 Å². The zero-order chi connectivity index (χ0) is 13.0. The number of fused-ring (bicyclic) bond motifs is 1. The van der Waals surface area contributed by atoms with Gasteiger partial charge in [0.25, 0.3) is 0 Å². The number of hydrogen-bond acceptors (Lipinski definition) is 5. The van der Waals surface area contributed by atoms with Crippen molar-refractivity contribution in [1.29, 1.82) is 0 Å². The summed E-state index contributed by atoms with van der Waals surface area (Å²) in [4.78, 5) is 15.4. The molecule has 18 heavy (non-hydrogen) atoms. The van der Waals surface area contributed by atoms with Gasteiger partial charge in [0.2, 0.25) is 0 Å². The quantitative estimate of drug-likeness (QED) is 0.922. The Morgan fingerprint density at radius 3 is 3.06 bits per heavy atom. The highest BCUT2D eigenvalue weighted by Gasteiger charge is 2.08. The number of aromatic nitrogens is 1. The Balaban J connectivity index is 2.19. The van der Waals surface area contributed by atoms with Gasteiger partial charge in [-0.2, -0.15) is 0 Å². The molecule has 1 N–H and O–H groups in total. The molecule has 0 aliphatic rings. The topological polar surface area (TPSA) is 60.5 Å². The van der Waals surface area contributed by atoms with Crippen molar-refractivity contribution < 1.29 is 14.3 Å². The molecule has 0 unspecified atom stereocenters. The van der Waals surface area contributed by atoms with Crippen LogP contribution in [0.2, 0.25) is 0 Å². The first-order valence-electron chi connectivity index (χ1n) is 5.61. The van der Waals surface area contributed by atoms with Crippen LogP contribution >= 0.6 is 11.3 Å². The lowest BCUT2D eigenvalue weighted by Crippen LogP contribution is -2.10. The molecule has 0 saturated heterocycles.